The number of nitrogens with one attached hydrogen (secondary N) is 2. The smallest absolute Gasteiger partial charge is 0.444 e. The minimum absolute atomic E-state index is 0.187. The van der Waals surface area contributed by atoms with Crippen LogP contribution in [0.5, 0.6) is 0 Å². The molecule has 1 fully saturated rings. The van der Waals surface area contributed by atoms with Crippen LogP contribution in [0.25, 0.3) is 0 Å². The van der Waals surface area contributed by atoms with Crippen molar-refractivity contribution >= 4 is 23.7 Å². The van der Waals surface area contributed by atoms with Gasteiger partial charge in [0.25, 0.3) is 5.78 Å². The number of rotatable bonds is 8. The number of Topliss-reactive ketones (excluding diaryl/α,β-unsaturated/α-hetero) is 1. The number of ether oxygens (including phenoxy) is 1. The quantitative estimate of drug-likeness (QED) is 0.555. The molecule has 200 valence electrons. The molecule has 0 bridgehead atoms. The minimum atomic E-state index is -5.14. The summed E-state index contributed by atoms with van der Waals surface area (Å²) in [5.41, 5.74) is -0.343. The van der Waals surface area contributed by atoms with Crippen molar-refractivity contribution in [2.24, 2.45) is 5.92 Å². The van der Waals surface area contributed by atoms with E-state index in [2.05, 4.69) is 10.6 Å². The molecule has 2 N–H and O–H groups in total. The highest BCUT2D eigenvalue weighted by molar-refractivity contribution is 5.96. The van der Waals surface area contributed by atoms with Crippen LogP contribution >= 0.6 is 0 Å². The van der Waals surface area contributed by atoms with Crippen molar-refractivity contribution in [2.45, 2.75) is 83.8 Å². The third kappa shape index (κ3) is 8.23. The molecule has 0 spiro atoms. The van der Waals surface area contributed by atoms with Crippen molar-refractivity contribution in [3.8, 4) is 0 Å². The zero-order valence-electron chi connectivity index (χ0n) is 21.1. The Labute approximate surface area is 208 Å². The highest BCUT2D eigenvalue weighted by atomic mass is 19.4. The van der Waals surface area contributed by atoms with Gasteiger partial charge in [0.05, 0.1) is 0 Å². The first kappa shape index (κ1) is 29.1. The fraction of sp³-hybridized carbons (Fsp3) is 0.600. The van der Waals surface area contributed by atoms with Crippen LogP contribution in [-0.2, 0) is 25.5 Å². The van der Waals surface area contributed by atoms with Crippen molar-refractivity contribution in [1.82, 2.24) is 15.5 Å². The lowest BCUT2D eigenvalue weighted by Crippen LogP contribution is -2.57. The number of carbonyl (C=O) groups excluding carboxylic acids is 4. The molecule has 3 amide bonds. The largest absolute Gasteiger partial charge is 0.452 e. The molecule has 0 saturated carbocycles. The molecule has 1 saturated heterocycles. The van der Waals surface area contributed by atoms with E-state index in [1.165, 1.54) is 4.90 Å². The second kappa shape index (κ2) is 11.7. The summed E-state index contributed by atoms with van der Waals surface area (Å²) in [6.07, 6.45) is -5.63. The van der Waals surface area contributed by atoms with Crippen LogP contribution in [0.3, 0.4) is 0 Å². The van der Waals surface area contributed by atoms with Crippen molar-refractivity contribution < 1.29 is 37.1 Å². The van der Waals surface area contributed by atoms with Crippen LogP contribution in [-0.4, -0.2) is 65.0 Å². The van der Waals surface area contributed by atoms with E-state index in [1.807, 2.05) is 0 Å². The Morgan fingerprint density at radius 1 is 1.06 bits per heavy atom. The lowest BCUT2D eigenvalue weighted by atomic mass is 10.0. The zero-order valence-corrected chi connectivity index (χ0v) is 21.1. The molecule has 1 aliphatic heterocycles. The van der Waals surface area contributed by atoms with Crippen LogP contribution in [0.15, 0.2) is 30.3 Å². The van der Waals surface area contributed by atoms with E-state index in [-0.39, 0.29) is 25.3 Å². The number of likely N-dealkylation sites (tertiary alicyclic amines) is 1. The van der Waals surface area contributed by atoms with Crippen LogP contribution in [0.4, 0.5) is 18.0 Å². The molecule has 36 heavy (non-hydrogen) atoms. The maximum absolute atomic E-state index is 13.3. The molecule has 0 radical (unpaired) electrons. The summed E-state index contributed by atoms with van der Waals surface area (Å²) in [7, 11) is 0. The van der Waals surface area contributed by atoms with E-state index >= 15 is 0 Å². The summed E-state index contributed by atoms with van der Waals surface area (Å²) >= 11 is 0. The standard InChI is InChI=1S/C25H34F3N3O5/c1-15(2)19(30-23(35)36-24(3,4)5)22(34)31-13-9-12-18(31)21(33)29-17(20(32)25(26,27)28)14-16-10-7-6-8-11-16/h6-8,10-11,15,17-19H,9,12-14H2,1-5H3,(H,29,33)(H,30,35)/t17?,18-,19-/m0/s1. The van der Waals surface area contributed by atoms with Gasteiger partial charge in [0.2, 0.25) is 11.8 Å². The summed E-state index contributed by atoms with van der Waals surface area (Å²) in [6.45, 7) is 8.63. The molecular formula is C25H34F3N3O5. The van der Waals surface area contributed by atoms with Gasteiger partial charge in [0, 0.05) is 13.0 Å². The summed E-state index contributed by atoms with van der Waals surface area (Å²) < 4.78 is 45.0. The number of alkyl carbamates (subject to hydrolysis) is 1. The SMILES string of the molecule is CC(C)[C@H](NC(=O)OC(C)(C)C)C(=O)N1CCC[C@H]1C(=O)NC(Cc1ccccc1)C(=O)C(F)(F)F. The minimum Gasteiger partial charge on any atom is -0.444 e. The normalized spacial score (nSPS) is 17.9. The van der Waals surface area contributed by atoms with E-state index in [0.717, 1.165) is 0 Å². The predicted molar refractivity (Wildman–Crippen MR) is 126 cm³/mol. The predicted octanol–water partition coefficient (Wildman–Crippen LogP) is 3.39. The molecular weight excluding hydrogens is 479 g/mol. The highest BCUT2D eigenvalue weighted by Crippen LogP contribution is 2.23. The number of nitrogens with zero attached hydrogens (tertiary/aromatic N) is 1. The number of alkyl halides is 3. The first-order valence-corrected chi connectivity index (χ1v) is 11.9. The fourth-order valence-electron chi connectivity index (χ4n) is 3.95. The van der Waals surface area contributed by atoms with Crippen LogP contribution in [0, 0.1) is 5.92 Å². The van der Waals surface area contributed by atoms with Gasteiger partial charge in [0.15, 0.2) is 0 Å². The molecule has 2 rings (SSSR count). The summed E-state index contributed by atoms with van der Waals surface area (Å²) in [5, 5.41) is 4.76. The number of halogens is 3. The van der Waals surface area contributed by atoms with Crippen molar-refractivity contribution in [1.29, 1.82) is 0 Å². The van der Waals surface area contributed by atoms with Gasteiger partial charge in [-0.2, -0.15) is 13.2 Å². The number of ketones is 1. The van der Waals surface area contributed by atoms with Crippen LogP contribution in [0.1, 0.15) is 53.0 Å². The van der Waals surface area contributed by atoms with E-state index < -0.39 is 53.6 Å². The molecule has 11 heteroatoms. The number of hydrogen-bond acceptors (Lipinski definition) is 5. The van der Waals surface area contributed by atoms with Crippen LogP contribution in [0.2, 0.25) is 0 Å². The number of benzene rings is 1. The third-order valence-electron chi connectivity index (χ3n) is 5.64. The molecule has 3 atom stereocenters. The van der Waals surface area contributed by atoms with Gasteiger partial charge in [0.1, 0.15) is 23.7 Å². The highest BCUT2D eigenvalue weighted by Gasteiger charge is 2.46. The number of carbonyl (C=O) groups is 4. The van der Waals surface area contributed by atoms with Gasteiger partial charge < -0.3 is 20.3 Å². The average molecular weight is 514 g/mol. The third-order valence-corrected chi connectivity index (χ3v) is 5.64. The van der Waals surface area contributed by atoms with E-state index in [0.29, 0.717) is 12.0 Å². The van der Waals surface area contributed by atoms with Gasteiger partial charge in [-0.05, 0) is 45.1 Å². The average Bonchev–Trinajstić information content (AvgIpc) is 3.25. The second-order valence-electron chi connectivity index (χ2n) is 10.2. The monoisotopic (exact) mass is 513 g/mol. The molecule has 1 aliphatic rings. The van der Waals surface area contributed by atoms with E-state index in [1.54, 1.807) is 65.0 Å². The maximum Gasteiger partial charge on any atom is 0.452 e. The molecule has 8 nitrogen and oxygen atoms in total. The molecule has 1 unspecified atom stereocenters. The van der Waals surface area contributed by atoms with E-state index in [4.69, 9.17) is 4.74 Å². The van der Waals surface area contributed by atoms with Crippen molar-refractivity contribution in [2.75, 3.05) is 6.54 Å². The van der Waals surface area contributed by atoms with Gasteiger partial charge in [-0.3, -0.25) is 14.4 Å². The Balaban J connectivity index is 2.19. The molecule has 0 aromatic heterocycles. The Morgan fingerprint density at radius 2 is 1.67 bits per heavy atom. The van der Waals surface area contributed by atoms with Gasteiger partial charge >= 0.3 is 12.3 Å². The second-order valence-corrected chi connectivity index (χ2v) is 10.2. The lowest BCUT2D eigenvalue weighted by molar-refractivity contribution is -0.173. The summed E-state index contributed by atoms with van der Waals surface area (Å²) in [6, 6.07) is 4.12. The maximum atomic E-state index is 13.3. The Bertz CT molecular complexity index is 944. The van der Waals surface area contributed by atoms with Gasteiger partial charge in [-0.25, -0.2) is 4.79 Å². The van der Waals surface area contributed by atoms with Crippen LogP contribution < -0.4 is 10.6 Å². The van der Waals surface area contributed by atoms with E-state index in [9.17, 15) is 32.3 Å². The summed E-state index contributed by atoms with van der Waals surface area (Å²) in [4.78, 5) is 52.0. The number of amides is 3. The molecule has 1 heterocycles. The number of hydrogen-bond donors (Lipinski definition) is 2. The molecule has 0 aliphatic carbocycles. The van der Waals surface area contributed by atoms with Crippen molar-refractivity contribution in [3.63, 3.8) is 0 Å². The zero-order chi connectivity index (χ0) is 27.3. The Kier molecular flexibility index (Phi) is 9.51. The first-order valence-electron chi connectivity index (χ1n) is 11.9. The lowest BCUT2D eigenvalue weighted by Gasteiger charge is -2.31. The molecule has 1 aromatic carbocycles. The van der Waals surface area contributed by atoms with Gasteiger partial charge in [-0.1, -0.05) is 44.2 Å². The topological polar surface area (TPSA) is 105 Å². The Morgan fingerprint density at radius 3 is 2.19 bits per heavy atom. The fourth-order valence-corrected chi connectivity index (χ4v) is 3.95. The molecule has 1 aromatic rings. The summed E-state index contributed by atoms with van der Waals surface area (Å²) in [5.74, 6) is -3.82. The Hall–Kier alpha value is -3.11. The van der Waals surface area contributed by atoms with Crippen molar-refractivity contribution in [3.05, 3.63) is 35.9 Å². The first-order chi connectivity index (χ1) is 16.6. The van der Waals surface area contributed by atoms with Gasteiger partial charge in [-0.15, -0.1) is 0 Å².